The largest absolute Gasteiger partial charge is 0.478 e. The van der Waals surface area contributed by atoms with Crippen LogP contribution in [0.1, 0.15) is 31.8 Å². The summed E-state index contributed by atoms with van der Waals surface area (Å²) in [6.45, 7) is 3.43. The fourth-order valence-electron chi connectivity index (χ4n) is 2.93. The van der Waals surface area contributed by atoms with Crippen LogP contribution < -0.4 is 5.32 Å². The number of carbonyl (C=O) groups is 2. The first kappa shape index (κ1) is 19.2. The maximum absolute atomic E-state index is 14.8. The molecule has 0 bridgehead atoms. The van der Waals surface area contributed by atoms with E-state index in [4.69, 9.17) is 0 Å². The normalized spacial score (nSPS) is 11.0. The lowest BCUT2D eigenvalue weighted by Gasteiger charge is -2.09. The standard InChI is InChI=1S/C20H14FN3O3S2/c1-9-3-5-12(17(21)10(9)2)18-16(20(26)27)14(8-28-18)22-19(25)11-4-6-15-13(7-11)23-24-29-15/h3-8H,1-2H3,(H,22,25)(H,26,27). The number of nitrogens with one attached hydrogen (secondary N) is 1. The van der Waals surface area contributed by atoms with Crippen molar-refractivity contribution >= 4 is 50.6 Å². The van der Waals surface area contributed by atoms with Crippen LogP contribution in [0, 0.1) is 19.7 Å². The Kier molecular flexibility index (Phi) is 4.85. The molecule has 0 fully saturated rings. The summed E-state index contributed by atoms with van der Waals surface area (Å²) in [5.74, 6) is -2.19. The van der Waals surface area contributed by atoms with Gasteiger partial charge in [0.2, 0.25) is 0 Å². The van der Waals surface area contributed by atoms with E-state index in [1.807, 2.05) is 0 Å². The monoisotopic (exact) mass is 427 g/mol. The van der Waals surface area contributed by atoms with E-state index in [-0.39, 0.29) is 21.7 Å². The van der Waals surface area contributed by atoms with Gasteiger partial charge in [-0.15, -0.1) is 16.4 Å². The first-order chi connectivity index (χ1) is 13.9. The fourth-order valence-corrected chi connectivity index (χ4v) is 4.49. The number of hydrogen-bond acceptors (Lipinski definition) is 6. The first-order valence-electron chi connectivity index (χ1n) is 8.51. The lowest BCUT2D eigenvalue weighted by Crippen LogP contribution is -2.14. The van der Waals surface area contributed by atoms with Gasteiger partial charge >= 0.3 is 5.97 Å². The third-order valence-corrected chi connectivity index (χ3v) is 6.38. The molecule has 1 amide bonds. The second-order valence-electron chi connectivity index (χ2n) is 6.44. The second kappa shape index (κ2) is 7.34. The SMILES string of the molecule is Cc1ccc(-c2scc(NC(=O)c3ccc4snnc4c3)c2C(=O)O)c(F)c1C. The number of benzene rings is 2. The molecule has 0 saturated carbocycles. The van der Waals surface area contributed by atoms with Gasteiger partial charge in [0.25, 0.3) is 5.91 Å². The van der Waals surface area contributed by atoms with Crippen molar-refractivity contribution in [2.45, 2.75) is 13.8 Å². The lowest BCUT2D eigenvalue weighted by atomic mass is 10.0. The van der Waals surface area contributed by atoms with Crippen molar-refractivity contribution in [2.75, 3.05) is 5.32 Å². The zero-order valence-corrected chi connectivity index (χ0v) is 16.9. The summed E-state index contributed by atoms with van der Waals surface area (Å²) in [6.07, 6.45) is 0. The number of fused-ring (bicyclic) bond motifs is 1. The Morgan fingerprint density at radius 1 is 1.17 bits per heavy atom. The molecule has 0 atom stereocenters. The van der Waals surface area contributed by atoms with Gasteiger partial charge in [0.1, 0.15) is 16.9 Å². The predicted molar refractivity (Wildman–Crippen MR) is 112 cm³/mol. The number of carbonyl (C=O) groups excluding carboxylic acids is 1. The third kappa shape index (κ3) is 3.39. The Morgan fingerprint density at radius 3 is 2.72 bits per heavy atom. The average molecular weight is 427 g/mol. The zero-order valence-electron chi connectivity index (χ0n) is 15.3. The number of aryl methyl sites for hydroxylation is 1. The summed E-state index contributed by atoms with van der Waals surface area (Å²) < 4.78 is 19.4. The molecule has 2 aromatic carbocycles. The van der Waals surface area contributed by atoms with Crippen molar-refractivity contribution < 1.29 is 19.1 Å². The van der Waals surface area contributed by atoms with Crippen LogP contribution in [-0.2, 0) is 0 Å². The summed E-state index contributed by atoms with van der Waals surface area (Å²) in [7, 11) is 0. The number of rotatable bonds is 4. The smallest absolute Gasteiger partial charge is 0.339 e. The molecule has 146 valence electrons. The van der Waals surface area contributed by atoms with Crippen LogP contribution in [0.3, 0.4) is 0 Å². The van der Waals surface area contributed by atoms with E-state index in [2.05, 4.69) is 14.9 Å². The minimum absolute atomic E-state index is 0.122. The summed E-state index contributed by atoms with van der Waals surface area (Å²) in [4.78, 5) is 24.8. The van der Waals surface area contributed by atoms with E-state index >= 15 is 0 Å². The Labute approximate surface area is 172 Å². The molecule has 0 saturated heterocycles. The maximum atomic E-state index is 14.8. The molecule has 2 aromatic heterocycles. The molecule has 0 spiro atoms. The fraction of sp³-hybridized carbons (Fsp3) is 0.100. The Bertz CT molecular complexity index is 1280. The van der Waals surface area contributed by atoms with Crippen molar-refractivity contribution in [1.82, 2.24) is 9.59 Å². The molecule has 6 nitrogen and oxygen atoms in total. The molecule has 2 N–H and O–H groups in total. The van der Waals surface area contributed by atoms with Gasteiger partial charge in [0, 0.05) is 16.5 Å². The Morgan fingerprint density at radius 2 is 1.97 bits per heavy atom. The number of amides is 1. The predicted octanol–water partition coefficient (Wildman–Crippen LogP) is 5.13. The number of thiophene rings is 1. The van der Waals surface area contributed by atoms with Crippen molar-refractivity contribution in [1.29, 1.82) is 0 Å². The van der Waals surface area contributed by atoms with Gasteiger partial charge in [0.05, 0.1) is 15.3 Å². The minimum atomic E-state index is -1.24. The van der Waals surface area contributed by atoms with Crippen LogP contribution in [0.4, 0.5) is 10.1 Å². The number of anilines is 1. The highest BCUT2D eigenvalue weighted by Gasteiger charge is 2.24. The molecule has 29 heavy (non-hydrogen) atoms. The van der Waals surface area contributed by atoms with Crippen LogP contribution in [0.15, 0.2) is 35.7 Å². The minimum Gasteiger partial charge on any atom is -0.478 e. The van der Waals surface area contributed by atoms with Crippen molar-refractivity contribution in [2.24, 2.45) is 0 Å². The molecule has 0 radical (unpaired) electrons. The van der Waals surface area contributed by atoms with Crippen molar-refractivity contribution in [3.63, 3.8) is 0 Å². The highest BCUT2D eigenvalue weighted by atomic mass is 32.1. The number of hydrogen-bond donors (Lipinski definition) is 2. The molecule has 4 rings (SSSR count). The van der Waals surface area contributed by atoms with E-state index in [0.717, 1.165) is 21.6 Å². The van der Waals surface area contributed by atoms with Crippen LogP contribution in [0.25, 0.3) is 20.7 Å². The summed E-state index contributed by atoms with van der Waals surface area (Å²) in [5, 5.41) is 17.8. The number of aromatic nitrogens is 2. The van der Waals surface area contributed by atoms with E-state index in [9.17, 15) is 19.1 Å². The number of aromatic carboxylic acids is 1. The summed E-state index contributed by atoms with van der Waals surface area (Å²) in [5.41, 5.74) is 2.34. The lowest BCUT2D eigenvalue weighted by molar-refractivity contribution is 0.0699. The second-order valence-corrected chi connectivity index (χ2v) is 8.10. The summed E-state index contributed by atoms with van der Waals surface area (Å²) in [6, 6.07) is 8.24. The Balaban J connectivity index is 1.72. The Hall–Kier alpha value is -3.17. The van der Waals surface area contributed by atoms with Gasteiger partial charge in [-0.05, 0) is 54.7 Å². The number of nitrogens with zero attached hydrogens (tertiary/aromatic N) is 2. The van der Waals surface area contributed by atoms with Crippen LogP contribution >= 0.6 is 22.9 Å². The molecular weight excluding hydrogens is 413 g/mol. The summed E-state index contributed by atoms with van der Waals surface area (Å²) >= 11 is 2.29. The highest BCUT2D eigenvalue weighted by Crippen LogP contribution is 2.38. The molecule has 0 aliphatic carbocycles. The molecule has 0 unspecified atom stereocenters. The number of carboxylic acid groups (broad SMARTS) is 1. The topological polar surface area (TPSA) is 92.2 Å². The molecule has 4 aromatic rings. The van der Waals surface area contributed by atoms with Crippen LogP contribution in [0.2, 0.25) is 0 Å². The van der Waals surface area contributed by atoms with Crippen molar-refractivity contribution in [3.8, 4) is 10.4 Å². The van der Waals surface area contributed by atoms with Gasteiger partial charge in [-0.1, -0.05) is 16.6 Å². The van der Waals surface area contributed by atoms with E-state index in [1.54, 1.807) is 44.2 Å². The van der Waals surface area contributed by atoms with Gasteiger partial charge in [-0.25, -0.2) is 9.18 Å². The van der Waals surface area contributed by atoms with E-state index < -0.39 is 17.7 Å². The average Bonchev–Trinajstić information content (AvgIpc) is 3.32. The van der Waals surface area contributed by atoms with Gasteiger partial charge in [-0.3, -0.25) is 4.79 Å². The van der Waals surface area contributed by atoms with Crippen molar-refractivity contribution in [3.05, 3.63) is 63.8 Å². The molecular formula is C20H14FN3O3S2. The maximum Gasteiger partial charge on any atom is 0.339 e. The van der Waals surface area contributed by atoms with Gasteiger partial charge in [-0.2, -0.15) is 0 Å². The van der Waals surface area contributed by atoms with E-state index in [1.165, 1.54) is 16.9 Å². The van der Waals surface area contributed by atoms with Gasteiger partial charge in [0.15, 0.2) is 0 Å². The number of halogens is 1. The quantitative estimate of drug-likeness (QED) is 0.471. The van der Waals surface area contributed by atoms with Crippen LogP contribution in [-0.4, -0.2) is 26.6 Å². The number of carboxylic acids is 1. The molecule has 0 aliphatic rings. The third-order valence-electron chi connectivity index (χ3n) is 4.66. The zero-order chi connectivity index (χ0) is 20.7. The molecule has 9 heteroatoms. The van der Waals surface area contributed by atoms with E-state index in [0.29, 0.717) is 16.6 Å². The molecule has 0 aliphatic heterocycles. The molecule has 2 heterocycles. The van der Waals surface area contributed by atoms with Gasteiger partial charge < -0.3 is 10.4 Å². The highest BCUT2D eigenvalue weighted by molar-refractivity contribution is 7.14. The first-order valence-corrected chi connectivity index (χ1v) is 10.2. The van der Waals surface area contributed by atoms with Crippen LogP contribution in [0.5, 0.6) is 0 Å².